The summed E-state index contributed by atoms with van der Waals surface area (Å²) < 4.78 is 0. The van der Waals surface area contributed by atoms with Crippen molar-refractivity contribution in [1.29, 1.82) is 0 Å². The summed E-state index contributed by atoms with van der Waals surface area (Å²) in [6, 6.07) is 2.89. The number of carbonyl (C=O) groups is 2. The molecule has 1 heterocycles. The highest BCUT2D eigenvalue weighted by atomic mass is 16.6. The first-order valence-electron chi connectivity index (χ1n) is 6.35. The average molecular weight is 292 g/mol. The number of benzene rings is 1. The standard InChI is InChI=1S/C13H16N4O4/c1-13(2,6-11(14)18)16-9-5-8-7(4-12(19)15-8)3-10(9)17(20)21/h3,5,16H,4,6H2,1-2H3,(H2,14,18)(H,15,19). The van der Waals surface area contributed by atoms with Crippen molar-refractivity contribution in [2.24, 2.45) is 5.73 Å². The second-order valence-corrected chi connectivity index (χ2v) is 5.66. The van der Waals surface area contributed by atoms with Crippen LogP contribution in [-0.4, -0.2) is 22.3 Å². The molecule has 0 bridgehead atoms. The van der Waals surface area contributed by atoms with E-state index in [4.69, 9.17) is 5.73 Å². The molecule has 1 aliphatic rings. The van der Waals surface area contributed by atoms with Gasteiger partial charge in [-0.15, -0.1) is 0 Å². The van der Waals surface area contributed by atoms with E-state index in [0.717, 1.165) is 0 Å². The molecule has 8 nitrogen and oxygen atoms in total. The van der Waals surface area contributed by atoms with Gasteiger partial charge in [-0.2, -0.15) is 0 Å². The van der Waals surface area contributed by atoms with Crippen LogP contribution in [-0.2, 0) is 16.0 Å². The highest BCUT2D eigenvalue weighted by molar-refractivity contribution is 6.00. The van der Waals surface area contributed by atoms with Crippen molar-refractivity contribution < 1.29 is 14.5 Å². The number of primary amides is 1. The number of hydrogen-bond acceptors (Lipinski definition) is 5. The minimum absolute atomic E-state index is 0.0214. The second kappa shape index (κ2) is 5.04. The largest absolute Gasteiger partial charge is 0.374 e. The smallest absolute Gasteiger partial charge is 0.292 e. The van der Waals surface area contributed by atoms with Crippen LogP contribution in [0.3, 0.4) is 0 Å². The monoisotopic (exact) mass is 292 g/mol. The Morgan fingerprint density at radius 1 is 1.52 bits per heavy atom. The van der Waals surface area contributed by atoms with Crippen LogP contribution in [0.4, 0.5) is 17.1 Å². The van der Waals surface area contributed by atoms with E-state index in [-0.39, 0.29) is 30.1 Å². The van der Waals surface area contributed by atoms with Crippen LogP contribution in [0, 0.1) is 10.1 Å². The van der Waals surface area contributed by atoms with E-state index in [9.17, 15) is 19.7 Å². The minimum Gasteiger partial charge on any atom is -0.374 e. The number of fused-ring (bicyclic) bond motifs is 1. The number of amides is 2. The predicted molar refractivity (Wildman–Crippen MR) is 76.9 cm³/mol. The number of anilines is 2. The zero-order valence-electron chi connectivity index (χ0n) is 11.7. The normalized spacial score (nSPS) is 13.5. The lowest BCUT2D eigenvalue weighted by molar-refractivity contribution is -0.384. The van der Waals surface area contributed by atoms with Crippen molar-refractivity contribution >= 4 is 28.9 Å². The van der Waals surface area contributed by atoms with Crippen molar-refractivity contribution in [1.82, 2.24) is 0 Å². The maximum Gasteiger partial charge on any atom is 0.292 e. The molecule has 0 unspecified atom stereocenters. The summed E-state index contributed by atoms with van der Waals surface area (Å²) in [4.78, 5) is 33.1. The van der Waals surface area contributed by atoms with Gasteiger partial charge in [0.25, 0.3) is 5.69 Å². The average Bonchev–Trinajstić information content (AvgIpc) is 2.64. The number of hydrogen-bond donors (Lipinski definition) is 3. The fraction of sp³-hybridized carbons (Fsp3) is 0.385. The Kier molecular flexibility index (Phi) is 3.54. The molecule has 0 saturated heterocycles. The van der Waals surface area contributed by atoms with Crippen molar-refractivity contribution in [2.45, 2.75) is 32.2 Å². The lowest BCUT2D eigenvalue weighted by atomic mass is 9.99. The van der Waals surface area contributed by atoms with Gasteiger partial charge in [0.1, 0.15) is 5.69 Å². The van der Waals surface area contributed by atoms with Crippen LogP contribution in [0.1, 0.15) is 25.8 Å². The Bertz CT molecular complexity index is 639. The molecule has 0 atom stereocenters. The lowest BCUT2D eigenvalue weighted by Crippen LogP contribution is -2.36. The molecule has 1 aliphatic heterocycles. The maximum absolute atomic E-state index is 11.4. The van der Waals surface area contributed by atoms with E-state index in [1.54, 1.807) is 13.8 Å². The van der Waals surface area contributed by atoms with Gasteiger partial charge in [-0.3, -0.25) is 19.7 Å². The zero-order valence-corrected chi connectivity index (χ0v) is 11.7. The van der Waals surface area contributed by atoms with Crippen molar-refractivity contribution in [3.63, 3.8) is 0 Å². The van der Waals surface area contributed by atoms with E-state index in [1.165, 1.54) is 12.1 Å². The number of carbonyl (C=O) groups excluding carboxylic acids is 2. The summed E-state index contributed by atoms with van der Waals surface area (Å²) >= 11 is 0. The molecule has 1 aromatic carbocycles. The summed E-state index contributed by atoms with van der Waals surface area (Å²) in [7, 11) is 0. The number of nitro groups is 1. The third kappa shape index (κ3) is 3.28. The summed E-state index contributed by atoms with van der Waals surface area (Å²) in [6.45, 7) is 3.43. The Labute approximate surface area is 120 Å². The number of nitrogens with two attached hydrogens (primary N) is 1. The van der Waals surface area contributed by atoms with Crippen LogP contribution in [0.15, 0.2) is 12.1 Å². The Morgan fingerprint density at radius 3 is 2.76 bits per heavy atom. The molecule has 21 heavy (non-hydrogen) atoms. The summed E-state index contributed by atoms with van der Waals surface area (Å²) in [5.74, 6) is -0.711. The Hall–Kier alpha value is -2.64. The van der Waals surface area contributed by atoms with Gasteiger partial charge in [-0.25, -0.2) is 0 Å². The van der Waals surface area contributed by atoms with Crippen LogP contribution >= 0.6 is 0 Å². The second-order valence-electron chi connectivity index (χ2n) is 5.66. The molecule has 0 aliphatic carbocycles. The van der Waals surface area contributed by atoms with Gasteiger partial charge in [-0.05, 0) is 25.5 Å². The van der Waals surface area contributed by atoms with E-state index < -0.39 is 16.4 Å². The van der Waals surface area contributed by atoms with Crippen LogP contribution in [0.5, 0.6) is 0 Å². The minimum atomic E-state index is -0.743. The van der Waals surface area contributed by atoms with E-state index in [1.807, 2.05) is 0 Å². The fourth-order valence-electron chi connectivity index (χ4n) is 2.36. The van der Waals surface area contributed by atoms with Crippen LogP contribution in [0.25, 0.3) is 0 Å². The molecule has 4 N–H and O–H groups in total. The predicted octanol–water partition coefficient (Wildman–Crippen LogP) is 1.16. The van der Waals surface area contributed by atoms with Crippen molar-refractivity contribution in [3.05, 3.63) is 27.8 Å². The van der Waals surface area contributed by atoms with Gasteiger partial charge < -0.3 is 16.4 Å². The van der Waals surface area contributed by atoms with E-state index in [2.05, 4.69) is 10.6 Å². The third-order valence-corrected chi connectivity index (χ3v) is 3.13. The molecule has 0 aromatic heterocycles. The summed E-state index contributed by atoms with van der Waals surface area (Å²) in [5, 5.41) is 16.8. The number of rotatable bonds is 5. The SMILES string of the molecule is CC(C)(CC(N)=O)Nc1cc2c(cc1[N+](=O)[O-])CC(=O)N2. The summed E-state index contributed by atoms with van der Waals surface area (Å²) in [6.07, 6.45) is 0.148. The molecule has 0 fully saturated rings. The Balaban J connectivity index is 2.39. The number of nitrogens with zero attached hydrogens (tertiary/aromatic N) is 1. The molecule has 112 valence electrons. The van der Waals surface area contributed by atoms with Gasteiger partial charge in [0.05, 0.1) is 11.3 Å². The maximum atomic E-state index is 11.4. The first kappa shape index (κ1) is 14.8. The number of nitro benzene ring substituents is 1. The molecule has 8 heteroatoms. The zero-order chi connectivity index (χ0) is 15.8. The molecule has 0 radical (unpaired) electrons. The fourth-order valence-corrected chi connectivity index (χ4v) is 2.36. The van der Waals surface area contributed by atoms with E-state index in [0.29, 0.717) is 11.3 Å². The van der Waals surface area contributed by atoms with Gasteiger partial charge >= 0.3 is 0 Å². The molecular formula is C13H16N4O4. The lowest BCUT2D eigenvalue weighted by Gasteiger charge is -2.26. The number of nitrogens with one attached hydrogen (secondary N) is 2. The quantitative estimate of drug-likeness (QED) is 0.554. The van der Waals surface area contributed by atoms with Gasteiger partial charge in [-0.1, -0.05) is 0 Å². The molecule has 0 spiro atoms. The van der Waals surface area contributed by atoms with Gasteiger partial charge in [0.2, 0.25) is 11.8 Å². The molecule has 1 aromatic rings. The highest BCUT2D eigenvalue weighted by Gasteiger charge is 2.28. The molecule has 2 rings (SSSR count). The Morgan fingerprint density at radius 2 is 2.19 bits per heavy atom. The highest BCUT2D eigenvalue weighted by Crippen LogP contribution is 2.36. The first-order chi connectivity index (χ1) is 9.68. The van der Waals surface area contributed by atoms with E-state index >= 15 is 0 Å². The molecule has 2 amide bonds. The van der Waals surface area contributed by atoms with Crippen LogP contribution < -0.4 is 16.4 Å². The first-order valence-corrected chi connectivity index (χ1v) is 6.35. The van der Waals surface area contributed by atoms with Gasteiger partial charge in [0.15, 0.2) is 0 Å². The third-order valence-electron chi connectivity index (χ3n) is 3.13. The molecular weight excluding hydrogens is 276 g/mol. The van der Waals surface area contributed by atoms with Crippen molar-refractivity contribution in [2.75, 3.05) is 10.6 Å². The topological polar surface area (TPSA) is 127 Å². The van der Waals surface area contributed by atoms with Crippen LogP contribution in [0.2, 0.25) is 0 Å². The summed E-state index contributed by atoms with van der Waals surface area (Å²) in [5.41, 5.74) is 5.66. The van der Waals surface area contributed by atoms with Gasteiger partial charge in [0, 0.05) is 23.7 Å². The van der Waals surface area contributed by atoms with Crippen molar-refractivity contribution in [3.8, 4) is 0 Å². The molecule has 0 saturated carbocycles.